The summed E-state index contributed by atoms with van der Waals surface area (Å²) in [5, 5.41) is 17.1. The molecule has 2 N–H and O–H groups in total. The molecule has 0 saturated heterocycles. The van der Waals surface area contributed by atoms with Crippen molar-refractivity contribution in [3.05, 3.63) is 83.6 Å². The predicted octanol–water partition coefficient (Wildman–Crippen LogP) is 7.17. The smallest absolute Gasteiger partial charge is 0.413 e. The monoisotopic (exact) mass is 615 g/mol. The minimum atomic E-state index is -0.712. The Bertz CT molecular complexity index is 1740. The molecular formula is C32H33N3O4S2Si. The molecule has 1 saturated carbocycles. The van der Waals surface area contributed by atoms with Gasteiger partial charge in [0.2, 0.25) is 0 Å². The second-order valence-electron chi connectivity index (χ2n) is 10.9. The van der Waals surface area contributed by atoms with E-state index in [2.05, 4.69) is 34.7 Å². The van der Waals surface area contributed by atoms with Gasteiger partial charge in [0.05, 0.1) is 17.2 Å². The quantitative estimate of drug-likeness (QED) is 0.163. The number of carbonyl (C=O) groups is 2. The molecular weight excluding hydrogens is 583 g/mol. The number of aliphatic carboxylic acids is 1. The number of carboxylic acids is 1. The van der Waals surface area contributed by atoms with Crippen LogP contribution in [-0.4, -0.2) is 37.2 Å². The highest BCUT2D eigenvalue weighted by Crippen LogP contribution is 2.50. The van der Waals surface area contributed by atoms with Crippen LogP contribution < -0.4 is 5.32 Å². The number of ether oxygens (including phenoxy) is 1. The van der Waals surface area contributed by atoms with Gasteiger partial charge in [-0.3, -0.25) is 14.8 Å². The third kappa shape index (κ3) is 5.42. The number of thiophene rings is 2. The summed E-state index contributed by atoms with van der Waals surface area (Å²) in [6.45, 7) is 1.85. The van der Waals surface area contributed by atoms with Gasteiger partial charge in [-0.1, -0.05) is 61.0 Å². The first-order chi connectivity index (χ1) is 20.3. The molecule has 216 valence electrons. The number of fused-ring (bicyclic) bond motifs is 1. The van der Waals surface area contributed by atoms with Crippen molar-refractivity contribution in [2.45, 2.75) is 50.2 Å². The van der Waals surface area contributed by atoms with Crippen LogP contribution in [0.4, 0.5) is 10.6 Å². The van der Waals surface area contributed by atoms with Crippen molar-refractivity contribution in [2.24, 2.45) is 7.05 Å². The summed E-state index contributed by atoms with van der Waals surface area (Å²) in [6.07, 6.45) is 4.37. The molecule has 1 fully saturated rings. The van der Waals surface area contributed by atoms with Crippen molar-refractivity contribution >= 4 is 60.2 Å². The second kappa shape index (κ2) is 11.5. The molecule has 10 heteroatoms. The molecule has 7 nitrogen and oxygen atoms in total. The van der Waals surface area contributed by atoms with E-state index >= 15 is 0 Å². The molecule has 0 bridgehead atoms. The van der Waals surface area contributed by atoms with Crippen molar-refractivity contribution < 1.29 is 19.4 Å². The number of hydrogen-bond donors (Lipinski definition) is 2. The predicted molar refractivity (Wildman–Crippen MR) is 174 cm³/mol. The molecule has 1 atom stereocenters. The lowest BCUT2D eigenvalue weighted by atomic mass is 9.90. The Labute approximate surface area is 255 Å². The third-order valence-electron chi connectivity index (χ3n) is 8.07. The van der Waals surface area contributed by atoms with Gasteiger partial charge in [0.25, 0.3) is 0 Å². The van der Waals surface area contributed by atoms with Gasteiger partial charge in [-0.15, -0.1) is 22.7 Å². The number of aromatic nitrogens is 2. The van der Waals surface area contributed by atoms with Gasteiger partial charge in [-0.05, 0) is 60.6 Å². The van der Waals surface area contributed by atoms with E-state index in [0.717, 1.165) is 44.7 Å². The van der Waals surface area contributed by atoms with Gasteiger partial charge in [0.1, 0.15) is 11.9 Å². The zero-order chi connectivity index (χ0) is 29.4. The number of carbonyl (C=O) groups excluding carboxylic acids is 1. The molecule has 5 aromatic rings. The number of benzene rings is 2. The molecule has 3 aromatic heterocycles. The first-order valence-electron chi connectivity index (χ1n) is 14.2. The SMILES string of the molecule is CC(OC(=O)Nc1c(-c2cc3sc(-c4ccc(C5(C(=O)O)CC5)cc4CCC[SiH3])cc3s2)cnn1C)c1ccccc1. The van der Waals surface area contributed by atoms with Crippen LogP contribution in [0.5, 0.6) is 0 Å². The maximum atomic E-state index is 12.8. The Hall–Kier alpha value is -3.73. The van der Waals surface area contributed by atoms with E-state index in [-0.39, 0.29) is 6.10 Å². The van der Waals surface area contributed by atoms with E-state index < -0.39 is 17.5 Å². The molecule has 2 aromatic carbocycles. The Kier molecular flexibility index (Phi) is 7.78. The number of rotatable bonds is 10. The average Bonchev–Trinajstić information content (AvgIpc) is 3.41. The molecule has 1 unspecified atom stereocenters. The Balaban J connectivity index is 1.25. The molecule has 0 radical (unpaired) electrons. The van der Waals surface area contributed by atoms with Crippen LogP contribution in [0.3, 0.4) is 0 Å². The lowest BCUT2D eigenvalue weighted by Gasteiger charge is -2.15. The first-order valence-corrected chi connectivity index (χ1v) is 17.3. The Morgan fingerprint density at radius 1 is 1.07 bits per heavy atom. The van der Waals surface area contributed by atoms with Crippen molar-refractivity contribution in [3.8, 4) is 20.9 Å². The molecule has 3 heterocycles. The van der Waals surface area contributed by atoms with E-state index in [0.29, 0.717) is 18.7 Å². The van der Waals surface area contributed by atoms with Gasteiger partial charge in [0.15, 0.2) is 0 Å². The first kappa shape index (κ1) is 28.4. The normalized spacial score (nSPS) is 14.6. The van der Waals surface area contributed by atoms with Crippen molar-refractivity contribution in [1.82, 2.24) is 9.78 Å². The summed E-state index contributed by atoms with van der Waals surface area (Å²) in [5.41, 5.74) is 4.46. The molecule has 1 amide bonds. The summed E-state index contributed by atoms with van der Waals surface area (Å²) >= 11 is 3.41. The van der Waals surface area contributed by atoms with E-state index in [1.165, 1.54) is 31.4 Å². The molecule has 0 spiro atoms. The van der Waals surface area contributed by atoms with E-state index in [4.69, 9.17) is 4.74 Å². The fourth-order valence-electron chi connectivity index (χ4n) is 5.40. The van der Waals surface area contributed by atoms with E-state index in [1.54, 1.807) is 40.6 Å². The van der Waals surface area contributed by atoms with E-state index in [1.807, 2.05) is 43.3 Å². The number of hydrogen-bond acceptors (Lipinski definition) is 6. The van der Waals surface area contributed by atoms with Crippen LogP contribution in [0.2, 0.25) is 6.04 Å². The second-order valence-corrected chi connectivity index (χ2v) is 14.1. The van der Waals surface area contributed by atoms with Crippen molar-refractivity contribution in [1.29, 1.82) is 0 Å². The van der Waals surface area contributed by atoms with Crippen molar-refractivity contribution in [2.75, 3.05) is 5.32 Å². The molecule has 0 aliphatic heterocycles. The van der Waals surface area contributed by atoms with Gasteiger partial charge in [-0.25, -0.2) is 4.79 Å². The maximum Gasteiger partial charge on any atom is 0.413 e. The van der Waals surface area contributed by atoms with Crippen LogP contribution in [-0.2, 0) is 28.4 Å². The number of aryl methyl sites for hydroxylation is 2. The Morgan fingerprint density at radius 2 is 1.76 bits per heavy atom. The number of nitrogens with zero attached hydrogens (tertiary/aromatic N) is 2. The Morgan fingerprint density at radius 3 is 2.40 bits per heavy atom. The van der Waals surface area contributed by atoms with Crippen LogP contribution in [0.25, 0.3) is 30.3 Å². The summed E-state index contributed by atoms with van der Waals surface area (Å²) in [6, 6.07) is 21.5. The molecule has 6 rings (SSSR count). The number of carboxylic acid groups (broad SMARTS) is 1. The van der Waals surface area contributed by atoms with Crippen LogP contribution in [0.1, 0.15) is 49.0 Å². The summed E-state index contributed by atoms with van der Waals surface area (Å²) in [4.78, 5) is 27.0. The molecule has 42 heavy (non-hydrogen) atoms. The zero-order valence-electron chi connectivity index (χ0n) is 23.8. The maximum absolute atomic E-state index is 12.8. The minimum absolute atomic E-state index is 0.384. The van der Waals surface area contributed by atoms with Crippen molar-refractivity contribution in [3.63, 3.8) is 0 Å². The number of anilines is 1. The lowest BCUT2D eigenvalue weighted by Crippen LogP contribution is -2.19. The average molecular weight is 616 g/mol. The van der Waals surface area contributed by atoms with E-state index in [9.17, 15) is 14.7 Å². The number of amides is 1. The summed E-state index contributed by atoms with van der Waals surface area (Å²) < 4.78 is 9.62. The fraction of sp³-hybridized carbons (Fsp3) is 0.281. The van der Waals surface area contributed by atoms with Crippen LogP contribution in [0.15, 0.2) is 66.9 Å². The topological polar surface area (TPSA) is 93.4 Å². The number of nitrogens with one attached hydrogen (secondary N) is 1. The largest absolute Gasteiger partial charge is 0.481 e. The minimum Gasteiger partial charge on any atom is -0.481 e. The van der Waals surface area contributed by atoms with Gasteiger partial charge < -0.3 is 9.84 Å². The molecule has 1 aliphatic rings. The summed E-state index contributed by atoms with van der Waals surface area (Å²) in [5.74, 6) is -0.126. The highest BCUT2D eigenvalue weighted by atomic mass is 32.1. The van der Waals surface area contributed by atoms with Crippen LogP contribution >= 0.6 is 22.7 Å². The van der Waals surface area contributed by atoms with Gasteiger partial charge in [-0.2, -0.15) is 5.10 Å². The highest BCUT2D eigenvalue weighted by Gasteiger charge is 2.51. The fourth-order valence-corrected chi connectivity index (χ4v) is 8.22. The zero-order valence-corrected chi connectivity index (χ0v) is 27.5. The van der Waals surface area contributed by atoms with Gasteiger partial charge >= 0.3 is 12.1 Å². The standard InChI is InChI=1S/C32H33N3O4S2Si/c1-19(20-7-4-3-5-8-20)39-31(38)34-29-24(18-33-35(29)2)26-17-28-27(41-26)16-25(40-28)23-11-10-22(15-21(23)9-6-14-42)32(12-13-32)30(36)37/h3-5,7-8,10-11,15-19H,6,9,12-14H2,1-2,42H3,(H,34,38)(H,36,37). The molecule has 1 aliphatic carbocycles. The summed E-state index contributed by atoms with van der Waals surface area (Å²) in [7, 11) is 2.96. The third-order valence-corrected chi connectivity index (χ3v) is 11.1. The van der Waals surface area contributed by atoms with Gasteiger partial charge in [0, 0.05) is 36.4 Å². The highest BCUT2D eigenvalue weighted by molar-refractivity contribution is 7.31. The lowest BCUT2D eigenvalue weighted by molar-refractivity contribution is -0.140. The van der Waals surface area contributed by atoms with Crippen LogP contribution in [0, 0.1) is 0 Å².